The molecule has 6 unspecified atom stereocenters. The van der Waals surface area contributed by atoms with E-state index in [4.69, 9.17) is 0 Å². The molecular formula is C20H24Br4O2. The van der Waals surface area contributed by atoms with Gasteiger partial charge in [0.15, 0.2) is 11.6 Å². The number of carbonyl (C=O) groups is 2. The molecule has 144 valence electrons. The van der Waals surface area contributed by atoms with Gasteiger partial charge in [-0.1, -0.05) is 104 Å². The van der Waals surface area contributed by atoms with Crippen molar-refractivity contribution >= 4 is 75.3 Å². The van der Waals surface area contributed by atoms with Gasteiger partial charge in [-0.2, -0.15) is 0 Å². The van der Waals surface area contributed by atoms with Gasteiger partial charge in [0.25, 0.3) is 0 Å². The van der Waals surface area contributed by atoms with Gasteiger partial charge in [-0.05, 0) is 25.7 Å². The van der Waals surface area contributed by atoms with Crippen LogP contribution in [0.3, 0.4) is 0 Å². The summed E-state index contributed by atoms with van der Waals surface area (Å²) < 4.78 is -0.940. The van der Waals surface area contributed by atoms with Crippen molar-refractivity contribution in [3.8, 4) is 0 Å². The Balaban J connectivity index is 1.82. The Kier molecular flexibility index (Phi) is 4.19. The number of rotatable bonds is 2. The smallest absolute Gasteiger partial charge is 0.157 e. The number of ketones is 2. The summed E-state index contributed by atoms with van der Waals surface area (Å²) in [5.74, 6) is 0.581. The summed E-state index contributed by atoms with van der Waals surface area (Å²) in [7, 11) is 0. The second-order valence-electron chi connectivity index (χ2n) is 9.77. The molecule has 0 aliphatic heterocycles. The van der Waals surface area contributed by atoms with Gasteiger partial charge < -0.3 is 0 Å². The van der Waals surface area contributed by atoms with E-state index < -0.39 is 19.5 Å². The van der Waals surface area contributed by atoms with Gasteiger partial charge in [0.2, 0.25) is 0 Å². The number of alkyl halides is 4. The lowest BCUT2D eigenvalue weighted by atomic mass is 9.60. The summed E-state index contributed by atoms with van der Waals surface area (Å²) in [6.07, 6.45) is 8.25. The molecule has 0 aromatic carbocycles. The number of halogens is 4. The molecular weight excluding hydrogens is 592 g/mol. The molecule has 0 heterocycles. The predicted molar refractivity (Wildman–Crippen MR) is 119 cm³/mol. The fourth-order valence-electron chi connectivity index (χ4n) is 6.33. The van der Waals surface area contributed by atoms with Crippen LogP contribution >= 0.6 is 63.7 Å². The highest BCUT2D eigenvalue weighted by Crippen LogP contribution is 2.73. The number of allylic oxidation sites excluding steroid dienone is 2. The first kappa shape index (κ1) is 20.3. The fraction of sp³-hybridized carbons (Fsp3) is 0.800. The highest BCUT2D eigenvalue weighted by molar-refractivity contribution is 9.13. The number of hydrogen-bond donors (Lipinski definition) is 0. The van der Waals surface area contributed by atoms with E-state index in [1.807, 2.05) is 0 Å². The lowest BCUT2D eigenvalue weighted by molar-refractivity contribution is -0.131. The third kappa shape index (κ3) is 1.86. The molecule has 6 heteroatoms. The Labute approximate surface area is 189 Å². The summed E-state index contributed by atoms with van der Waals surface area (Å²) >= 11 is 15.3. The SMILES string of the molecule is CC1(C)C(=O)C2(Br)CCC1(/C=C/C13CCC(Br)(C(=O)C1(C)C)C3Br)C2Br. The van der Waals surface area contributed by atoms with E-state index in [0.29, 0.717) is 11.6 Å². The van der Waals surface area contributed by atoms with Crippen LogP contribution < -0.4 is 0 Å². The predicted octanol–water partition coefficient (Wildman–Crippen LogP) is 6.12. The molecule has 4 bridgehead atoms. The third-order valence-corrected chi connectivity index (χ3v) is 15.3. The lowest BCUT2D eigenvalue weighted by Crippen LogP contribution is -2.43. The van der Waals surface area contributed by atoms with Crippen molar-refractivity contribution in [1.82, 2.24) is 0 Å². The molecule has 0 saturated heterocycles. The second kappa shape index (κ2) is 5.37. The van der Waals surface area contributed by atoms with Gasteiger partial charge in [0.05, 0.1) is 8.65 Å². The van der Waals surface area contributed by atoms with Crippen molar-refractivity contribution < 1.29 is 9.59 Å². The zero-order valence-corrected chi connectivity index (χ0v) is 21.8. The van der Waals surface area contributed by atoms with Gasteiger partial charge in [0, 0.05) is 31.3 Å². The quantitative estimate of drug-likeness (QED) is 0.277. The van der Waals surface area contributed by atoms with E-state index in [0.717, 1.165) is 25.7 Å². The zero-order chi connectivity index (χ0) is 19.6. The van der Waals surface area contributed by atoms with Crippen LogP contribution in [-0.2, 0) is 9.59 Å². The summed E-state index contributed by atoms with van der Waals surface area (Å²) in [6.45, 7) is 8.31. The highest BCUT2D eigenvalue weighted by Gasteiger charge is 2.76. The number of Topliss-reactive ketones (excluding diaryl/α,β-unsaturated/α-hetero) is 2. The summed E-state index contributed by atoms with van der Waals surface area (Å²) in [5.41, 5.74) is -1.33. The summed E-state index contributed by atoms with van der Waals surface area (Å²) in [6, 6.07) is 0. The molecule has 0 spiro atoms. The minimum atomic E-state index is -0.470. The fourth-order valence-corrected chi connectivity index (χ4v) is 11.3. The van der Waals surface area contributed by atoms with Crippen molar-refractivity contribution in [3.63, 3.8) is 0 Å². The van der Waals surface area contributed by atoms with Gasteiger partial charge in [0.1, 0.15) is 0 Å². The van der Waals surface area contributed by atoms with Gasteiger partial charge in [-0.15, -0.1) is 0 Å². The van der Waals surface area contributed by atoms with Gasteiger partial charge >= 0.3 is 0 Å². The molecule has 4 aliphatic carbocycles. The molecule has 4 saturated carbocycles. The first-order valence-corrected chi connectivity index (χ1v) is 12.6. The minimum absolute atomic E-state index is 0.0711. The second-order valence-corrected chi connectivity index (χ2v) is 14.4. The molecule has 2 nitrogen and oxygen atoms in total. The molecule has 4 fully saturated rings. The zero-order valence-electron chi connectivity index (χ0n) is 15.5. The average Bonchev–Trinajstić information content (AvgIpc) is 3.06. The number of hydrogen-bond acceptors (Lipinski definition) is 2. The average molecular weight is 616 g/mol. The van der Waals surface area contributed by atoms with E-state index in [1.54, 1.807) is 0 Å². The van der Waals surface area contributed by atoms with Crippen LogP contribution in [0.2, 0.25) is 0 Å². The van der Waals surface area contributed by atoms with E-state index in [-0.39, 0.29) is 20.5 Å². The Hall–Kier alpha value is 1.000. The van der Waals surface area contributed by atoms with E-state index in [9.17, 15) is 9.59 Å². The van der Waals surface area contributed by atoms with Crippen molar-refractivity contribution in [2.45, 2.75) is 71.7 Å². The maximum atomic E-state index is 13.1. The highest BCUT2D eigenvalue weighted by atomic mass is 79.9. The first-order valence-electron chi connectivity index (χ1n) is 9.20. The molecule has 26 heavy (non-hydrogen) atoms. The minimum Gasteiger partial charge on any atom is -0.297 e. The van der Waals surface area contributed by atoms with Crippen molar-refractivity contribution in [1.29, 1.82) is 0 Å². The third-order valence-electron chi connectivity index (χ3n) is 8.41. The van der Waals surface area contributed by atoms with Gasteiger partial charge in [-0.25, -0.2) is 0 Å². The first-order chi connectivity index (χ1) is 11.7. The van der Waals surface area contributed by atoms with Crippen LogP contribution in [0.5, 0.6) is 0 Å². The van der Waals surface area contributed by atoms with E-state index in [2.05, 4.69) is 104 Å². The standard InChI is InChI=1S/C20H24Br4O2/c1-15(2)13(25)19(23)9-7-17(15,11(19)21)5-6-18-8-10-20(24,12(18)22)14(26)16(18,3)4/h5-6,11-12H,7-10H2,1-4H3/b6-5+. The van der Waals surface area contributed by atoms with Crippen LogP contribution in [0, 0.1) is 21.7 Å². The largest absolute Gasteiger partial charge is 0.297 e. The van der Waals surface area contributed by atoms with Crippen molar-refractivity contribution in [2.75, 3.05) is 0 Å². The van der Waals surface area contributed by atoms with E-state index >= 15 is 0 Å². The molecule has 4 rings (SSSR count). The number of fused-ring (bicyclic) bond motifs is 4. The maximum absolute atomic E-state index is 13.1. The number of carbonyl (C=O) groups excluding carboxylic acids is 2. The van der Waals surface area contributed by atoms with Crippen molar-refractivity contribution in [2.24, 2.45) is 21.7 Å². The Morgan fingerprint density at radius 2 is 1.04 bits per heavy atom. The van der Waals surface area contributed by atoms with Crippen LogP contribution in [-0.4, -0.2) is 29.9 Å². The Bertz CT molecular complexity index is 697. The molecule has 0 aromatic rings. The topological polar surface area (TPSA) is 34.1 Å². The molecule has 0 amide bonds. The Morgan fingerprint density at radius 1 is 0.731 bits per heavy atom. The molecule has 6 atom stereocenters. The lowest BCUT2D eigenvalue weighted by Gasteiger charge is -2.43. The van der Waals surface area contributed by atoms with Gasteiger partial charge in [-0.3, -0.25) is 9.59 Å². The summed E-state index contributed by atoms with van der Waals surface area (Å²) in [5, 5.41) is 0. The molecule has 0 aromatic heterocycles. The van der Waals surface area contributed by atoms with Crippen LogP contribution in [0.25, 0.3) is 0 Å². The monoisotopic (exact) mass is 612 g/mol. The van der Waals surface area contributed by atoms with Crippen LogP contribution in [0.15, 0.2) is 12.2 Å². The van der Waals surface area contributed by atoms with E-state index in [1.165, 1.54) is 0 Å². The molecule has 0 N–H and O–H groups in total. The maximum Gasteiger partial charge on any atom is 0.157 e. The van der Waals surface area contributed by atoms with Crippen molar-refractivity contribution in [3.05, 3.63) is 12.2 Å². The van der Waals surface area contributed by atoms with Crippen LogP contribution in [0.4, 0.5) is 0 Å². The molecule has 0 radical (unpaired) electrons. The Morgan fingerprint density at radius 3 is 1.27 bits per heavy atom. The normalized spacial score (nSPS) is 54.0. The summed E-state index contributed by atoms with van der Waals surface area (Å²) in [4.78, 5) is 26.3. The molecule has 4 aliphatic rings. The van der Waals surface area contributed by atoms with Crippen LogP contribution in [0.1, 0.15) is 53.4 Å².